The van der Waals surface area contributed by atoms with E-state index in [0.717, 1.165) is 9.75 Å². The van der Waals surface area contributed by atoms with Crippen LogP contribution in [0.1, 0.15) is 15.2 Å². The van der Waals surface area contributed by atoms with Crippen LogP contribution >= 0.6 is 11.3 Å². The number of para-hydroxylation sites is 1. The quantitative estimate of drug-likeness (QED) is 0.764. The standard InChI is InChI=1S/C13H9NO3S/c1-7-5-6-10(18-7)12-14-11-8(13(15)16)3-2-4-9(11)17-12/h2-6H,1H3,(H,15,16). The lowest BCUT2D eigenvalue weighted by Crippen LogP contribution is -1.96. The van der Waals surface area contributed by atoms with E-state index in [2.05, 4.69) is 4.98 Å². The molecule has 0 radical (unpaired) electrons. The number of rotatable bonds is 2. The second-order valence-corrected chi connectivity index (χ2v) is 5.17. The van der Waals surface area contributed by atoms with Crippen molar-refractivity contribution in [2.24, 2.45) is 0 Å². The third-order valence-corrected chi connectivity index (χ3v) is 3.59. The van der Waals surface area contributed by atoms with Gasteiger partial charge < -0.3 is 9.52 Å². The minimum Gasteiger partial charge on any atom is -0.478 e. The van der Waals surface area contributed by atoms with E-state index < -0.39 is 5.97 Å². The van der Waals surface area contributed by atoms with Crippen LogP contribution < -0.4 is 0 Å². The zero-order valence-corrected chi connectivity index (χ0v) is 10.3. The number of carbonyl (C=O) groups is 1. The Balaban J connectivity index is 2.22. The molecular formula is C13H9NO3S. The molecule has 3 aromatic rings. The van der Waals surface area contributed by atoms with Crippen molar-refractivity contribution in [3.8, 4) is 10.8 Å². The van der Waals surface area contributed by atoms with Crippen molar-refractivity contribution in [3.63, 3.8) is 0 Å². The molecule has 0 spiro atoms. The van der Waals surface area contributed by atoms with Gasteiger partial charge in [-0.3, -0.25) is 0 Å². The number of aromatic nitrogens is 1. The Kier molecular flexibility index (Phi) is 2.41. The minimum atomic E-state index is -0.997. The number of hydrogen-bond acceptors (Lipinski definition) is 4. The Hall–Kier alpha value is -2.14. The lowest BCUT2D eigenvalue weighted by Gasteiger charge is -1.92. The van der Waals surface area contributed by atoms with Gasteiger partial charge in [0.05, 0.1) is 10.4 Å². The van der Waals surface area contributed by atoms with Crippen LogP contribution in [0.3, 0.4) is 0 Å². The van der Waals surface area contributed by atoms with Crippen molar-refractivity contribution in [2.45, 2.75) is 6.92 Å². The number of carboxylic acid groups (broad SMARTS) is 1. The maximum Gasteiger partial charge on any atom is 0.338 e. The molecule has 1 aromatic carbocycles. The molecule has 0 amide bonds. The second-order valence-electron chi connectivity index (χ2n) is 3.89. The summed E-state index contributed by atoms with van der Waals surface area (Å²) < 4.78 is 5.59. The lowest BCUT2D eigenvalue weighted by atomic mass is 10.2. The summed E-state index contributed by atoms with van der Waals surface area (Å²) in [4.78, 5) is 17.4. The Bertz CT molecular complexity index is 742. The molecular weight excluding hydrogens is 250 g/mol. The average Bonchev–Trinajstić information content (AvgIpc) is 2.93. The molecule has 2 aromatic heterocycles. The molecule has 0 aliphatic heterocycles. The highest BCUT2D eigenvalue weighted by Gasteiger charge is 2.15. The van der Waals surface area contributed by atoms with Crippen molar-refractivity contribution < 1.29 is 14.3 Å². The Morgan fingerprint density at radius 3 is 2.83 bits per heavy atom. The average molecular weight is 259 g/mol. The van der Waals surface area contributed by atoms with E-state index in [-0.39, 0.29) is 5.56 Å². The van der Waals surface area contributed by atoms with Gasteiger partial charge in [0.15, 0.2) is 5.58 Å². The monoisotopic (exact) mass is 259 g/mol. The van der Waals surface area contributed by atoms with Gasteiger partial charge in [-0.25, -0.2) is 9.78 Å². The third kappa shape index (κ3) is 1.69. The summed E-state index contributed by atoms with van der Waals surface area (Å²) in [5, 5.41) is 9.09. The number of aryl methyl sites for hydroxylation is 1. The summed E-state index contributed by atoms with van der Waals surface area (Å²) in [6, 6.07) is 8.80. The van der Waals surface area contributed by atoms with Gasteiger partial charge >= 0.3 is 5.97 Å². The fourth-order valence-corrected chi connectivity index (χ4v) is 2.57. The Morgan fingerprint density at radius 1 is 1.33 bits per heavy atom. The Morgan fingerprint density at radius 2 is 2.17 bits per heavy atom. The maximum absolute atomic E-state index is 11.1. The molecule has 0 atom stereocenters. The highest BCUT2D eigenvalue weighted by atomic mass is 32.1. The zero-order valence-electron chi connectivity index (χ0n) is 9.51. The van der Waals surface area contributed by atoms with Gasteiger partial charge in [-0.05, 0) is 31.2 Å². The lowest BCUT2D eigenvalue weighted by molar-refractivity contribution is 0.0699. The molecule has 1 N–H and O–H groups in total. The Labute approximate surface area is 107 Å². The van der Waals surface area contributed by atoms with Gasteiger partial charge in [0.2, 0.25) is 5.89 Å². The largest absolute Gasteiger partial charge is 0.478 e. The minimum absolute atomic E-state index is 0.163. The summed E-state index contributed by atoms with van der Waals surface area (Å²) in [7, 11) is 0. The van der Waals surface area contributed by atoms with Gasteiger partial charge in [-0.2, -0.15) is 0 Å². The number of aromatic carboxylic acids is 1. The second kappa shape index (κ2) is 3.96. The van der Waals surface area contributed by atoms with E-state index in [1.807, 2.05) is 19.1 Å². The van der Waals surface area contributed by atoms with E-state index >= 15 is 0 Å². The van der Waals surface area contributed by atoms with E-state index in [9.17, 15) is 4.79 Å². The summed E-state index contributed by atoms with van der Waals surface area (Å²) in [5.41, 5.74) is 1.05. The molecule has 0 unspecified atom stereocenters. The molecule has 3 rings (SSSR count). The maximum atomic E-state index is 11.1. The molecule has 5 heteroatoms. The van der Waals surface area contributed by atoms with Crippen molar-refractivity contribution >= 4 is 28.4 Å². The zero-order chi connectivity index (χ0) is 12.7. The highest BCUT2D eigenvalue weighted by Crippen LogP contribution is 2.30. The van der Waals surface area contributed by atoms with Crippen LogP contribution in [0.4, 0.5) is 0 Å². The molecule has 2 heterocycles. The molecule has 90 valence electrons. The van der Waals surface area contributed by atoms with Gasteiger partial charge in [-0.15, -0.1) is 11.3 Å². The summed E-state index contributed by atoms with van der Waals surface area (Å²) >= 11 is 1.57. The first-order valence-corrected chi connectivity index (χ1v) is 6.16. The number of thiophene rings is 1. The van der Waals surface area contributed by atoms with Crippen molar-refractivity contribution in [2.75, 3.05) is 0 Å². The molecule has 0 aliphatic rings. The van der Waals surface area contributed by atoms with Gasteiger partial charge in [0.1, 0.15) is 5.52 Å². The number of benzene rings is 1. The topological polar surface area (TPSA) is 63.3 Å². The van der Waals surface area contributed by atoms with Crippen LogP contribution in [0.25, 0.3) is 21.9 Å². The molecule has 0 saturated heterocycles. The normalized spacial score (nSPS) is 10.9. The molecule has 18 heavy (non-hydrogen) atoms. The molecule has 4 nitrogen and oxygen atoms in total. The highest BCUT2D eigenvalue weighted by molar-refractivity contribution is 7.15. The summed E-state index contributed by atoms with van der Waals surface area (Å²) in [6.07, 6.45) is 0. The predicted molar refractivity (Wildman–Crippen MR) is 69.0 cm³/mol. The van der Waals surface area contributed by atoms with Crippen molar-refractivity contribution in [3.05, 3.63) is 40.8 Å². The summed E-state index contributed by atoms with van der Waals surface area (Å²) in [6.45, 7) is 2.00. The summed E-state index contributed by atoms with van der Waals surface area (Å²) in [5.74, 6) is -0.528. The van der Waals surface area contributed by atoms with Gasteiger partial charge in [0.25, 0.3) is 0 Å². The molecule has 0 fully saturated rings. The van der Waals surface area contributed by atoms with Gasteiger partial charge in [-0.1, -0.05) is 6.07 Å². The number of oxazole rings is 1. The first kappa shape index (κ1) is 11.0. The van der Waals surface area contributed by atoms with Crippen LogP contribution in [0.2, 0.25) is 0 Å². The number of hydrogen-bond donors (Lipinski definition) is 1. The fourth-order valence-electron chi connectivity index (χ4n) is 1.78. The number of fused-ring (bicyclic) bond motifs is 1. The first-order valence-electron chi connectivity index (χ1n) is 5.35. The van der Waals surface area contributed by atoms with Crippen LogP contribution in [0.5, 0.6) is 0 Å². The SMILES string of the molecule is Cc1ccc(-c2nc3c(C(=O)O)cccc3o2)s1. The van der Waals surface area contributed by atoms with Crippen LogP contribution in [0.15, 0.2) is 34.7 Å². The molecule has 0 bridgehead atoms. The van der Waals surface area contributed by atoms with Crippen molar-refractivity contribution in [1.82, 2.24) is 4.98 Å². The number of carboxylic acids is 1. The smallest absolute Gasteiger partial charge is 0.338 e. The molecule has 0 aliphatic carbocycles. The molecule has 0 saturated carbocycles. The van der Waals surface area contributed by atoms with E-state index in [4.69, 9.17) is 9.52 Å². The van der Waals surface area contributed by atoms with Crippen LogP contribution in [0, 0.1) is 6.92 Å². The predicted octanol–water partition coefficient (Wildman–Crippen LogP) is 3.56. The number of nitrogens with zero attached hydrogens (tertiary/aromatic N) is 1. The van der Waals surface area contributed by atoms with Crippen LogP contribution in [-0.2, 0) is 0 Å². The van der Waals surface area contributed by atoms with E-state index in [1.54, 1.807) is 23.5 Å². The van der Waals surface area contributed by atoms with Crippen molar-refractivity contribution in [1.29, 1.82) is 0 Å². The fraction of sp³-hybridized carbons (Fsp3) is 0.0769. The van der Waals surface area contributed by atoms with E-state index in [1.165, 1.54) is 6.07 Å². The van der Waals surface area contributed by atoms with Gasteiger partial charge in [0, 0.05) is 4.88 Å². The van der Waals surface area contributed by atoms with E-state index in [0.29, 0.717) is 17.0 Å². The first-order chi connectivity index (χ1) is 8.65. The third-order valence-electron chi connectivity index (χ3n) is 2.60. The van der Waals surface area contributed by atoms with Crippen LogP contribution in [-0.4, -0.2) is 16.1 Å².